The molecule has 8 heteroatoms. The van der Waals surface area contributed by atoms with Gasteiger partial charge in [0.1, 0.15) is 11.5 Å². The molecule has 2 rings (SSSR count). The number of nitrogens with zero attached hydrogens (tertiary/aromatic N) is 2. The average molecular weight is 269 g/mol. The van der Waals surface area contributed by atoms with E-state index in [4.69, 9.17) is 10.2 Å². The Morgan fingerprint density at radius 1 is 1.44 bits per heavy atom. The molecule has 0 aliphatic carbocycles. The second-order valence-electron chi connectivity index (χ2n) is 3.76. The summed E-state index contributed by atoms with van der Waals surface area (Å²) in [6.07, 6.45) is 2.62. The van der Waals surface area contributed by atoms with Gasteiger partial charge in [-0.15, -0.1) is 0 Å². The van der Waals surface area contributed by atoms with Gasteiger partial charge in [-0.25, -0.2) is 8.42 Å². The van der Waals surface area contributed by atoms with Crippen molar-refractivity contribution >= 4 is 15.7 Å². The Morgan fingerprint density at radius 2 is 2.17 bits per heavy atom. The standard InChI is InChI=1S/C10H11N3O4S/c1-18(15,16)9-3-2-7(17-9)6-13-5-4-8(12-13)10(11)14/h2-5H,6H2,1H3,(H2,11,14). The van der Waals surface area contributed by atoms with Gasteiger partial charge in [-0.3, -0.25) is 9.48 Å². The predicted molar refractivity (Wildman–Crippen MR) is 61.7 cm³/mol. The molecule has 0 fully saturated rings. The summed E-state index contributed by atoms with van der Waals surface area (Å²) >= 11 is 0. The fourth-order valence-corrected chi connectivity index (χ4v) is 1.96. The lowest BCUT2D eigenvalue weighted by Gasteiger charge is -1.97. The highest BCUT2D eigenvalue weighted by atomic mass is 32.2. The molecule has 0 aromatic carbocycles. The van der Waals surface area contributed by atoms with Crippen molar-refractivity contribution in [3.05, 3.63) is 35.9 Å². The van der Waals surface area contributed by atoms with Gasteiger partial charge in [-0.2, -0.15) is 5.10 Å². The Bertz CT molecular complexity index is 684. The lowest BCUT2D eigenvalue weighted by atomic mass is 10.4. The topological polar surface area (TPSA) is 108 Å². The molecule has 7 nitrogen and oxygen atoms in total. The summed E-state index contributed by atoms with van der Waals surface area (Å²) in [5.41, 5.74) is 5.21. The third-order valence-corrected chi connectivity index (χ3v) is 3.16. The summed E-state index contributed by atoms with van der Waals surface area (Å²) in [6, 6.07) is 4.40. The number of carbonyl (C=O) groups is 1. The maximum Gasteiger partial charge on any atom is 0.269 e. The molecule has 2 N–H and O–H groups in total. The minimum atomic E-state index is -3.35. The van der Waals surface area contributed by atoms with Crippen LogP contribution in [0.1, 0.15) is 16.2 Å². The van der Waals surface area contributed by atoms with Crippen LogP contribution in [-0.2, 0) is 16.4 Å². The van der Waals surface area contributed by atoms with Gasteiger partial charge in [0.25, 0.3) is 5.91 Å². The van der Waals surface area contributed by atoms with E-state index < -0.39 is 15.7 Å². The van der Waals surface area contributed by atoms with Gasteiger partial charge in [0, 0.05) is 12.5 Å². The quantitative estimate of drug-likeness (QED) is 0.842. The molecule has 0 bridgehead atoms. The third-order valence-electron chi connectivity index (χ3n) is 2.21. The molecule has 0 unspecified atom stereocenters. The molecule has 0 spiro atoms. The van der Waals surface area contributed by atoms with Gasteiger partial charge < -0.3 is 10.2 Å². The fraction of sp³-hybridized carbons (Fsp3) is 0.200. The van der Waals surface area contributed by atoms with Crippen LogP contribution in [0.5, 0.6) is 0 Å². The van der Waals surface area contributed by atoms with E-state index in [0.717, 1.165) is 6.26 Å². The molecule has 0 saturated carbocycles. The SMILES string of the molecule is CS(=O)(=O)c1ccc(Cn2ccc(C(N)=O)n2)o1. The second-order valence-corrected chi connectivity index (χ2v) is 5.70. The summed E-state index contributed by atoms with van der Waals surface area (Å²) in [5, 5.41) is 3.81. The Kier molecular flexibility index (Phi) is 2.95. The largest absolute Gasteiger partial charge is 0.448 e. The van der Waals surface area contributed by atoms with Crippen LogP contribution >= 0.6 is 0 Å². The van der Waals surface area contributed by atoms with E-state index in [2.05, 4.69) is 5.10 Å². The molecule has 2 heterocycles. The van der Waals surface area contributed by atoms with Crippen LogP contribution in [-0.4, -0.2) is 30.4 Å². The molecule has 2 aromatic heterocycles. The van der Waals surface area contributed by atoms with Crippen molar-refractivity contribution in [2.24, 2.45) is 5.73 Å². The molecule has 0 aliphatic rings. The number of aromatic nitrogens is 2. The van der Waals surface area contributed by atoms with Crippen LogP contribution in [0.2, 0.25) is 0 Å². The van der Waals surface area contributed by atoms with E-state index in [1.54, 1.807) is 12.3 Å². The molecule has 0 aliphatic heterocycles. The van der Waals surface area contributed by atoms with Crippen molar-refractivity contribution in [2.75, 3.05) is 6.26 Å². The van der Waals surface area contributed by atoms with Crippen LogP contribution in [0.3, 0.4) is 0 Å². The van der Waals surface area contributed by atoms with Crippen LogP contribution in [0.4, 0.5) is 0 Å². The van der Waals surface area contributed by atoms with E-state index >= 15 is 0 Å². The van der Waals surface area contributed by atoms with Gasteiger partial charge >= 0.3 is 0 Å². The number of carbonyl (C=O) groups excluding carboxylic acids is 1. The Labute approximate surface area is 103 Å². The number of rotatable bonds is 4. The van der Waals surface area contributed by atoms with Crippen molar-refractivity contribution in [3.63, 3.8) is 0 Å². The Hall–Kier alpha value is -2.09. The third kappa shape index (κ3) is 2.59. The lowest BCUT2D eigenvalue weighted by Crippen LogP contribution is -2.12. The van der Waals surface area contributed by atoms with Crippen molar-refractivity contribution in [1.82, 2.24) is 9.78 Å². The molecule has 2 aromatic rings. The number of nitrogens with two attached hydrogens (primary N) is 1. The zero-order valence-electron chi connectivity index (χ0n) is 9.53. The van der Waals surface area contributed by atoms with Gasteiger partial charge in [0.15, 0.2) is 0 Å². The average Bonchev–Trinajstić information content (AvgIpc) is 2.85. The number of amides is 1. The van der Waals surface area contributed by atoms with Gasteiger partial charge in [-0.05, 0) is 18.2 Å². The number of hydrogen-bond donors (Lipinski definition) is 1. The first kappa shape index (κ1) is 12.4. The minimum Gasteiger partial charge on any atom is -0.448 e. The highest BCUT2D eigenvalue weighted by Crippen LogP contribution is 2.14. The summed E-state index contributed by atoms with van der Waals surface area (Å²) in [7, 11) is -3.35. The second kappa shape index (κ2) is 4.30. The molecule has 0 radical (unpaired) electrons. The van der Waals surface area contributed by atoms with Crippen LogP contribution in [0.15, 0.2) is 33.9 Å². The molecule has 18 heavy (non-hydrogen) atoms. The maximum atomic E-state index is 11.2. The summed E-state index contributed by atoms with van der Waals surface area (Å²) in [4.78, 5) is 10.8. The molecule has 0 saturated heterocycles. The highest BCUT2D eigenvalue weighted by Gasteiger charge is 2.13. The maximum absolute atomic E-state index is 11.2. The van der Waals surface area contributed by atoms with Crippen LogP contribution in [0.25, 0.3) is 0 Å². The van der Waals surface area contributed by atoms with E-state index in [0.29, 0.717) is 5.76 Å². The van der Waals surface area contributed by atoms with Crippen molar-refractivity contribution < 1.29 is 17.6 Å². The molecule has 0 atom stereocenters. The van der Waals surface area contributed by atoms with Crippen LogP contribution in [0, 0.1) is 0 Å². The number of hydrogen-bond acceptors (Lipinski definition) is 5. The first-order valence-electron chi connectivity index (χ1n) is 4.98. The first-order chi connectivity index (χ1) is 8.36. The smallest absolute Gasteiger partial charge is 0.269 e. The zero-order chi connectivity index (χ0) is 13.3. The monoisotopic (exact) mass is 269 g/mol. The fourth-order valence-electron chi connectivity index (χ4n) is 1.38. The van der Waals surface area contributed by atoms with E-state index in [9.17, 15) is 13.2 Å². The summed E-state index contributed by atoms with van der Waals surface area (Å²) < 4.78 is 29.0. The zero-order valence-corrected chi connectivity index (χ0v) is 10.3. The number of furan rings is 1. The van der Waals surface area contributed by atoms with Crippen molar-refractivity contribution in [2.45, 2.75) is 11.6 Å². The molecule has 1 amide bonds. The van der Waals surface area contributed by atoms with Gasteiger partial charge in [0.2, 0.25) is 14.9 Å². The Morgan fingerprint density at radius 3 is 2.67 bits per heavy atom. The van der Waals surface area contributed by atoms with Crippen LogP contribution < -0.4 is 5.73 Å². The number of sulfone groups is 1. The van der Waals surface area contributed by atoms with E-state index in [1.807, 2.05) is 0 Å². The van der Waals surface area contributed by atoms with Crippen molar-refractivity contribution in [1.29, 1.82) is 0 Å². The minimum absolute atomic E-state index is 0.0974. The summed E-state index contributed by atoms with van der Waals surface area (Å²) in [6.45, 7) is 0.225. The molecule has 96 valence electrons. The Balaban J connectivity index is 2.19. The predicted octanol–water partition coefficient (Wildman–Crippen LogP) is 0.0268. The van der Waals surface area contributed by atoms with E-state index in [1.165, 1.54) is 16.8 Å². The summed E-state index contributed by atoms with van der Waals surface area (Å²) in [5.74, 6) is -0.195. The molecular weight excluding hydrogens is 258 g/mol. The number of primary amides is 1. The molecular formula is C10H11N3O4S. The normalized spacial score (nSPS) is 11.6. The van der Waals surface area contributed by atoms with E-state index in [-0.39, 0.29) is 17.3 Å². The first-order valence-corrected chi connectivity index (χ1v) is 6.87. The lowest BCUT2D eigenvalue weighted by molar-refractivity contribution is 0.0994. The van der Waals surface area contributed by atoms with Gasteiger partial charge in [-0.1, -0.05) is 0 Å². The van der Waals surface area contributed by atoms with Crippen molar-refractivity contribution in [3.8, 4) is 0 Å². The highest BCUT2D eigenvalue weighted by molar-refractivity contribution is 7.90. The van der Waals surface area contributed by atoms with Gasteiger partial charge in [0.05, 0.1) is 6.54 Å².